The minimum atomic E-state index is -0.751. The van der Waals surface area contributed by atoms with E-state index in [2.05, 4.69) is 9.72 Å². The third kappa shape index (κ3) is 2.81. The highest BCUT2D eigenvalue weighted by molar-refractivity contribution is 5.85. The molecule has 0 spiro atoms. The van der Waals surface area contributed by atoms with Crippen molar-refractivity contribution in [2.24, 2.45) is 0 Å². The topological polar surface area (TPSA) is 74.4 Å². The van der Waals surface area contributed by atoms with Crippen LogP contribution in [-0.4, -0.2) is 29.3 Å². The Balaban J connectivity index is 0.00000162. The van der Waals surface area contributed by atoms with Gasteiger partial charge in [-0.15, -0.1) is 12.4 Å². The van der Waals surface area contributed by atoms with Gasteiger partial charge in [0.15, 0.2) is 0 Å². The molecular weight excluding hydrogens is 256 g/mol. The van der Waals surface area contributed by atoms with Crippen molar-refractivity contribution in [3.05, 3.63) is 36.0 Å². The zero-order valence-corrected chi connectivity index (χ0v) is 10.7. The molecule has 98 valence electrons. The number of carbonyl (C=O) groups is 1. The highest BCUT2D eigenvalue weighted by Crippen LogP contribution is 2.19. The number of hydroxylamine groups is 1. The normalized spacial score (nSPS) is 11.9. The van der Waals surface area contributed by atoms with E-state index in [4.69, 9.17) is 5.21 Å². The van der Waals surface area contributed by atoms with Gasteiger partial charge in [-0.25, -0.2) is 0 Å². The minimum Gasteiger partial charge on any atom is -0.468 e. The van der Waals surface area contributed by atoms with Crippen LogP contribution in [-0.2, 0) is 16.0 Å². The first-order chi connectivity index (χ1) is 8.26. The lowest BCUT2D eigenvalue weighted by molar-refractivity contribution is -0.145. The summed E-state index contributed by atoms with van der Waals surface area (Å²) in [6.45, 7) is 0. The Morgan fingerprint density at radius 1 is 1.50 bits per heavy atom. The molecule has 1 unspecified atom stereocenters. The number of hydrogen-bond acceptors (Lipinski definition) is 4. The van der Waals surface area contributed by atoms with E-state index >= 15 is 0 Å². The molecule has 1 heterocycles. The summed E-state index contributed by atoms with van der Waals surface area (Å²) >= 11 is 0. The van der Waals surface area contributed by atoms with Gasteiger partial charge in [0, 0.05) is 23.5 Å². The van der Waals surface area contributed by atoms with Crippen molar-refractivity contribution in [3.8, 4) is 0 Å². The largest absolute Gasteiger partial charge is 0.468 e. The standard InChI is InChI=1S/C12H14N2O3.ClH/c1-17-12(15)11(14-16)6-8-7-13-10-5-3-2-4-9(8)10;/h2-5,7,11,13-14,16H,6H2,1H3;1H. The summed E-state index contributed by atoms with van der Waals surface area (Å²) in [6.07, 6.45) is 2.20. The number of esters is 1. The van der Waals surface area contributed by atoms with Crippen LogP contribution in [0.3, 0.4) is 0 Å². The molecule has 0 amide bonds. The van der Waals surface area contributed by atoms with Crippen molar-refractivity contribution in [2.45, 2.75) is 12.5 Å². The fourth-order valence-electron chi connectivity index (χ4n) is 1.84. The van der Waals surface area contributed by atoms with Crippen LogP contribution >= 0.6 is 12.4 Å². The predicted molar refractivity (Wildman–Crippen MR) is 70.0 cm³/mol. The molecule has 5 nitrogen and oxygen atoms in total. The Morgan fingerprint density at radius 2 is 2.22 bits per heavy atom. The molecule has 2 rings (SSSR count). The number of para-hydroxylation sites is 1. The van der Waals surface area contributed by atoms with Gasteiger partial charge in [-0.05, 0) is 11.6 Å². The van der Waals surface area contributed by atoms with Gasteiger partial charge >= 0.3 is 5.97 Å². The molecule has 0 radical (unpaired) electrons. The maximum absolute atomic E-state index is 11.4. The molecule has 3 N–H and O–H groups in total. The van der Waals surface area contributed by atoms with E-state index in [0.29, 0.717) is 6.42 Å². The lowest BCUT2D eigenvalue weighted by Gasteiger charge is -2.11. The molecule has 0 aliphatic heterocycles. The molecular formula is C12H15ClN2O3. The second-order valence-electron chi connectivity index (χ2n) is 3.77. The van der Waals surface area contributed by atoms with Crippen LogP contribution in [0.25, 0.3) is 10.9 Å². The fourth-order valence-corrected chi connectivity index (χ4v) is 1.84. The minimum absolute atomic E-state index is 0. The van der Waals surface area contributed by atoms with Crippen LogP contribution in [0, 0.1) is 0 Å². The van der Waals surface area contributed by atoms with Crippen molar-refractivity contribution < 1.29 is 14.7 Å². The summed E-state index contributed by atoms with van der Waals surface area (Å²) in [5.41, 5.74) is 3.93. The molecule has 0 fully saturated rings. The number of H-pyrrole nitrogens is 1. The van der Waals surface area contributed by atoms with E-state index in [0.717, 1.165) is 16.5 Å². The Labute approximate surface area is 111 Å². The molecule has 0 aliphatic rings. The van der Waals surface area contributed by atoms with Crippen molar-refractivity contribution in [3.63, 3.8) is 0 Å². The molecule has 1 atom stereocenters. The van der Waals surface area contributed by atoms with Crippen molar-refractivity contribution in [1.29, 1.82) is 0 Å². The first-order valence-electron chi connectivity index (χ1n) is 5.28. The van der Waals surface area contributed by atoms with Gasteiger partial charge < -0.3 is 14.9 Å². The average Bonchev–Trinajstić information content (AvgIpc) is 2.78. The molecule has 6 heteroatoms. The van der Waals surface area contributed by atoms with Crippen molar-refractivity contribution in [1.82, 2.24) is 10.5 Å². The molecule has 1 aromatic heterocycles. The number of benzene rings is 1. The summed E-state index contributed by atoms with van der Waals surface area (Å²) in [6, 6.07) is 7.04. The number of carbonyl (C=O) groups excluding carboxylic acids is 1. The van der Waals surface area contributed by atoms with Gasteiger partial charge in [0.2, 0.25) is 0 Å². The first kappa shape index (κ1) is 14.5. The van der Waals surface area contributed by atoms with E-state index in [1.165, 1.54) is 7.11 Å². The maximum atomic E-state index is 11.4. The monoisotopic (exact) mass is 270 g/mol. The number of hydrogen-bond donors (Lipinski definition) is 3. The number of rotatable bonds is 4. The third-order valence-electron chi connectivity index (χ3n) is 2.74. The summed E-state index contributed by atoms with van der Waals surface area (Å²) < 4.78 is 4.59. The van der Waals surface area contributed by atoms with Crippen molar-refractivity contribution >= 4 is 29.3 Å². The quantitative estimate of drug-likeness (QED) is 0.583. The second kappa shape index (κ2) is 6.39. The van der Waals surface area contributed by atoms with E-state index in [9.17, 15) is 4.79 Å². The van der Waals surface area contributed by atoms with Crippen LogP contribution in [0.5, 0.6) is 0 Å². The average molecular weight is 271 g/mol. The number of fused-ring (bicyclic) bond motifs is 1. The smallest absolute Gasteiger partial charge is 0.325 e. The van der Waals surface area contributed by atoms with Gasteiger partial charge in [0.25, 0.3) is 0 Å². The fraction of sp³-hybridized carbons (Fsp3) is 0.250. The van der Waals surface area contributed by atoms with Crippen LogP contribution < -0.4 is 5.48 Å². The lowest BCUT2D eigenvalue weighted by Crippen LogP contribution is -2.37. The summed E-state index contributed by atoms with van der Waals surface area (Å²) in [5.74, 6) is -0.488. The number of methoxy groups -OCH3 is 1. The molecule has 0 saturated carbocycles. The van der Waals surface area contributed by atoms with Crippen LogP contribution in [0.2, 0.25) is 0 Å². The summed E-state index contributed by atoms with van der Waals surface area (Å²) in [5, 5.41) is 9.98. The van der Waals surface area contributed by atoms with E-state index in [1.54, 1.807) is 0 Å². The SMILES string of the molecule is COC(=O)C(Cc1c[nH]c2ccccc12)NO.Cl. The number of nitrogens with one attached hydrogen (secondary N) is 2. The van der Waals surface area contributed by atoms with Crippen LogP contribution in [0.15, 0.2) is 30.5 Å². The maximum Gasteiger partial charge on any atom is 0.325 e. The predicted octanol–water partition coefficient (Wildman–Crippen LogP) is 1.65. The number of ether oxygens (including phenoxy) is 1. The van der Waals surface area contributed by atoms with Crippen molar-refractivity contribution in [2.75, 3.05) is 7.11 Å². The Bertz CT molecular complexity index is 527. The zero-order valence-electron chi connectivity index (χ0n) is 9.84. The Kier molecular flexibility index (Phi) is 5.15. The summed E-state index contributed by atoms with van der Waals surface area (Å²) in [4.78, 5) is 14.5. The van der Waals surface area contributed by atoms with Gasteiger partial charge in [-0.1, -0.05) is 18.2 Å². The highest BCUT2D eigenvalue weighted by atomic mass is 35.5. The van der Waals surface area contributed by atoms with Gasteiger partial charge in [0.1, 0.15) is 6.04 Å². The van der Waals surface area contributed by atoms with Gasteiger partial charge in [0.05, 0.1) is 7.11 Å². The van der Waals surface area contributed by atoms with Gasteiger partial charge in [-0.2, -0.15) is 5.48 Å². The molecule has 2 aromatic rings. The van der Waals surface area contributed by atoms with E-state index in [1.807, 2.05) is 35.9 Å². The van der Waals surface area contributed by atoms with E-state index < -0.39 is 12.0 Å². The molecule has 0 bridgehead atoms. The number of aromatic nitrogens is 1. The Morgan fingerprint density at radius 3 is 2.89 bits per heavy atom. The third-order valence-corrected chi connectivity index (χ3v) is 2.74. The van der Waals surface area contributed by atoms with Gasteiger partial charge in [-0.3, -0.25) is 4.79 Å². The first-order valence-corrected chi connectivity index (χ1v) is 5.28. The van der Waals surface area contributed by atoms with E-state index in [-0.39, 0.29) is 12.4 Å². The Hall–Kier alpha value is -1.56. The zero-order chi connectivity index (χ0) is 12.3. The van der Waals surface area contributed by atoms with Crippen LogP contribution in [0.4, 0.5) is 0 Å². The molecule has 0 saturated heterocycles. The summed E-state index contributed by atoms with van der Waals surface area (Å²) in [7, 11) is 1.29. The molecule has 0 aliphatic carbocycles. The lowest BCUT2D eigenvalue weighted by atomic mass is 10.1. The molecule has 18 heavy (non-hydrogen) atoms. The second-order valence-corrected chi connectivity index (χ2v) is 3.77. The molecule has 1 aromatic carbocycles. The highest BCUT2D eigenvalue weighted by Gasteiger charge is 2.19. The number of halogens is 1. The van der Waals surface area contributed by atoms with Crippen LogP contribution in [0.1, 0.15) is 5.56 Å². The number of aromatic amines is 1.